The number of carbonyl (C=O) groups excluding carboxylic acids is 2. The number of aliphatic hydroxyl groups excluding tert-OH is 1. The molecule has 3 atom stereocenters. The second-order valence-electron chi connectivity index (χ2n) is 6.66. The predicted octanol–water partition coefficient (Wildman–Crippen LogP) is 3.34. The molecule has 1 N–H and O–H groups in total. The van der Waals surface area contributed by atoms with Crippen LogP contribution in [-0.4, -0.2) is 29.1 Å². The molecule has 0 aromatic carbocycles. The predicted molar refractivity (Wildman–Crippen MR) is 88.8 cm³/mol. The van der Waals surface area contributed by atoms with E-state index >= 15 is 0 Å². The molecule has 1 saturated carbocycles. The van der Waals surface area contributed by atoms with Crippen molar-refractivity contribution in [2.75, 3.05) is 6.61 Å². The Morgan fingerprint density at radius 3 is 2.87 bits per heavy atom. The molecule has 0 amide bonds. The van der Waals surface area contributed by atoms with Gasteiger partial charge >= 0.3 is 5.97 Å². The third-order valence-corrected chi connectivity index (χ3v) is 5.01. The standard InChI is InChI=1S/C19H28O4/c1-3-4-5-6-7-8-9-16-12-17-15(13-20)10-11-19(16,18(17)22)23-14(2)21/h7-8,12,15,17,20H,3-6,9-11,13H2,1-2H3/b8-7-/t15-,17+,19?/m0/s1. The molecule has 0 aromatic rings. The Bertz CT molecular complexity index is 505. The lowest BCUT2D eigenvalue weighted by Gasteiger charge is -2.36. The lowest BCUT2D eigenvalue weighted by Crippen LogP contribution is -2.48. The summed E-state index contributed by atoms with van der Waals surface area (Å²) in [6.07, 6.45) is 12.6. The van der Waals surface area contributed by atoms with Gasteiger partial charge in [0.15, 0.2) is 11.4 Å². The van der Waals surface area contributed by atoms with E-state index < -0.39 is 11.6 Å². The van der Waals surface area contributed by atoms with Gasteiger partial charge in [-0.3, -0.25) is 9.59 Å². The monoisotopic (exact) mass is 320 g/mol. The number of unbranched alkanes of at least 4 members (excludes halogenated alkanes) is 3. The van der Waals surface area contributed by atoms with Crippen LogP contribution in [0, 0.1) is 11.8 Å². The van der Waals surface area contributed by atoms with E-state index in [-0.39, 0.29) is 24.2 Å². The van der Waals surface area contributed by atoms with Gasteiger partial charge in [0.05, 0.1) is 0 Å². The first kappa shape index (κ1) is 17.9. The van der Waals surface area contributed by atoms with Crippen molar-refractivity contribution in [3.8, 4) is 0 Å². The fourth-order valence-corrected chi connectivity index (χ4v) is 3.75. The zero-order valence-corrected chi connectivity index (χ0v) is 14.2. The summed E-state index contributed by atoms with van der Waals surface area (Å²) in [5.41, 5.74) is -0.180. The highest BCUT2D eigenvalue weighted by molar-refractivity contribution is 5.99. The van der Waals surface area contributed by atoms with Gasteiger partial charge < -0.3 is 9.84 Å². The molecule has 1 unspecified atom stereocenters. The lowest BCUT2D eigenvalue weighted by molar-refractivity contribution is -0.166. The zero-order valence-electron chi connectivity index (χ0n) is 14.2. The van der Waals surface area contributed by atoms with Crippen LogP contribution in [0.15, 0.2) is 23.8 Å². The number of rotatable bonds is 8. The van der Waals surface area contributed by atoms with Gasteiger partial charge in [-0.05, 0) is 43.6 Å². The van der Waals surface area contributed by atoms with Crippen LogP contribution < -0.4 is 0 Å². The number of carbonyl (C=O) groups is 2. The Morgan fingerprint density at radius 1 is 1.43 bits per heavy atom. The Kier molecular flexibility index (Phi) is 6.17. The van der Waals surface area contributed by atoms with Crippen LogP contribution >= 0.6 is 0 Å². The number of esters is 1. The third-order valence-electron chi connectivity index (χ3n) is 5.01. The van der Waals surface area contributed by atoms with E-state index in [1.807, 2.05) is 6.08 Å². The molecule has 0 aliphatic heterocycles. The van der Waals surface area contributed by atoms with Crippen LogP contribution in [0.4, 0.5) is 0 Å². The number of fused-ring (bicyclic) bond motifs is 2. The van der Waals surface area contributed by atoms with E-state index in [0.29, 0.717) is 19.3 Å². The summed E-state index contributed by atoms with van der Waals surface area (Å²) in [5.74, 6) is -0.819. The summed E-state index contributed by atoms with van der Waals surface area (Å²) < 4.78 is 5.51. The molecular formula is C19H28O4. The molecule has 2 aliphatic rings. The number of hydrogen-bond acceptors (Lipinski definition) is 4. The average molecular weight is 320 g/mol. The van der Waals surface area contributed by atoms with Crippen LogP contribution in [0.5, 0.6) is 0 Å². The molecule has 1 fully saturated rings. The summed E-state index contributed by atoms with van der Waals surface area (Å²) in [7, 11) is 0. The smallest absolute Gasteiger partial charge is 0.303 e. The summed E-state index contributed by atoms with van der Waals surface area (Å²) >= 11 is 0. The molecule has 0 radical (unpaired) electrons. The highest BCUT2D eigenvalue weighted by Crippen LogP contribution is 2.48. The van der Waals surface area contributed by atoms with Crippen molar-refractivity contribution in [3.63, 3.8) is 0 Å². The Hall–Kier alpha value is -1.42. The minimum Gasteiger partial charge on any atom is -0.447 e. The van der Waals surface area contributed by atoms with Crippen LogP contribution in [0.2, 0.25) is 0 Å². The Balaban J connectivity index is 2.10. The van der Waals surface area contributed by atoms with Crippen LogP contribution in [0.1, 0.15) is 58.8 Å². The van der Waals surface area contributed by atoms with Crippen molar-refractivity contribution < 1.29 is 19.4 Å². The molecule has 4 heteroatoms. The number of aliphatic hydroxyl groups is 1. The third kappa shape index (κ3) is 3.74. The first-order chi connectivity index (χ1) is 11.0. The number of ketones is 1. The van der Waals surface area contributed by atoms with E-state index in [0.717, 1.165) is 12.0 Å². The van der Waals surface area contributed by atoms with Gasteiger partial charge in [0.2, 0.25) is 0 Å². The number of Topliss-reactive ketones (excluding diaryl/α,β-unsaturated/α-hetero) is 1. The van der Waals surface area contributed by atoms with Crippen molar-refractivity contribution in [1.82, 2.24) is 0 Å². The number of ether oxygens (including phenoxy) is 1. The molecule has 0 saturated heterocycles. The van der Waals surface area contributed by atoms with Crippen molar-refractivity contribution in [3.05, 3.63) is 23.8 Å². The number of allylic oxidation sites excluding steroid dienone is 3. The summed E-state index contributed by atoms with van der Waals surface area (Å²) in [5, 5.41) is 9.47. The molecule has 128 valence electrons. The molecule has 4 nitrogen and oxygen atoms in total. The fraction of sp³-hybridized carbons (Fsp3) is 0.684. The second-order valence-corrected chi connectivity index (χ2v) is 6.66. The van der Waals surface area contributed by atoms with Gasteiger partial charge in [-0.2, -0.15) is 0 Å². The van der Waals surface area contributed by atoms with E-state index in [9.17, 15) is 14.7 Å². The number of hydrogen-bond donors (Lipinski definition) is 1. The van der Waals surface area contributed by atoms with Gasteiger partial charge in [-0.25, -0.2) is 0 Å². The highest BCUT2D eigenvalue weighted by Gasteiger charge is 2.56. The first-order valence-corrected chi connectivity index (χ1v) is 8.76. The second kappa shape index (κ2) is 7.91. The summed E-state index contributed by atoms with van der Waals surface area (Å²) in [6, 6.07) is 0. The molecule has 2 rings (SSSR count). The maximum atomic E-state index is 12.7. The van der Waals surface area contributed by atoms with Crippen LogP contribution in [0.3, 0.4) is 0 Å². The van der Waals surface area contributed by atoms with Crippen molar-refractivity contribution in [1.29, 1.82) is 0 Å². The van der Waals surface area contributed by atoms with Gasteiger partial charge in [0, 0.05) is 19.4 Å². The average Bonchev–Trinajstić information content (AvgIpc) is 2.68. The zero-order chi connectivity index (χ0) is 16.9. The molecule has 0 spiro atoms. The van der Waals surface area contributed by atoms with Gasteiger partial charge in [0.1, 0.15) is 0 Å². The van der Waals surface area contributed by atoms with Gasteiger partial charge in [0.25, 0.3) is 0 Å². The fourth-order valence-electron chi connectivity index (χ4n) is 3.75. The minimum atomic E-state index is -1.07. The molecular weight excluding hydrogens is 292 g/mol. The van der Waals surface area contributed by atoms with E-state index in [4.69, 9.17) is 4.74 Å². The first-order valence-electron chi connectivity index (χ1n) is 8.76. The highest BCUT2D eigenvalue weighted by atomic mass is 16.6. The minimum absolute atomic E-state index is 0.00317. The van der Waals surface area contributed by atoms with Crippen molar-refractivity contribution in [2.24, 2.45) is 11.8 Å². The summed E-state index contributed by atoms with van der Waals surface area (Å²) in [4.78, 5) is 24.3. The lowest BCUT2D eigenvalue weighted by atomic mass is 9.74. The van der Waals surface area contributed by atoms with E-state index in [1.165, 1.54) is 26.2 Å². The summed E-state index contributed by atoms with van der Waals surface area (Å²) in [6.45, 7) is 3.54. The quantitative estimate of drug-likeness (QED) is 0.423. The van der Waals surface area contributed by atoms with Gasteiger partial charge in [-0.15, -0.1) is 0 Å². The topological polar surface area (TPSA) is 63.6 Å². The molecule has 0 aromatic heterocycles. The largest absolute Gasteiger partial charge is 0.447 e. The van der Waals surface area contributed by atoms with Crippen molar-refractivity contribution in [2.45, 2.75) is 64.4 Å². The molecule has 2 bridgehead atoms. The van der Waals surface area contributed by atoms with Gasteiger partial charge in [-0.1, -0.05) is 38.0 Å². The maximum Gasteiger partial charge on any atom is 0.303 e. The SMILES string of the molecule is CCCCC/C=C\CC1=C[C@H]2C(=O)C1(OC(C)=O)CC[C@H]2CO. The maximum absolute atomic E-state index is 12.7. The van der Waals surface area contributed by atoms with E-state index in [1.54, 1.807) is 0 Å². The van der Waals surface area contributed by atoms with Crippen LogP contribution in [-0.2, 0) is 14.3 Å². The molecule has 2 aliphatic carbocycles. The molecule has 23 heavy (non-hydrogen) atoms. The van der Waals surface area contributed by atoms with E-state index in [2.05, 4.69) is 19.1 Å². The van der Waals surface area contributed by atoms with Crippen LogP contribution in [0.25, 0.3) is 0 Å². The normalized spacial score (nSPS) is 29.9. The van der Waals surface area contributed by atoms with Crippen molar-refractivity contribution >= 4 is 11.8 Å². The Morgan fingerprint density at radius 2 is 2.22 bits per heavy atom. The molecule has 0 heterocycles. The Labute approximate surface area is 138 Å².